The van der Waals surface area contributed by atoms with Gasteiger partial charge in [0, 0.05) is 29.9 Å². The number of rotatable bonds is 14. The number of Topliss-reactive ketones (excluding diaryl/α,β-unsaturated/α-hetero) is 1. The number of amidine groups is 1. The zero-order chi connectivity index (χ0) is 29.3. The van der Waals surface area contributed by atoms with Gasteiger partial charge in [-0.25, -0.2) is 13.4 Å². The maximum Gasteiger partial charge on any atom is 0.275 e. The number of ketones is 1. The number of anilines is 1. The van der Waals surface area contributed by atoms with Crippen LogP contribution in [0.15, 0.2) is 64.0 Å². The Kier molecular flexibility index (Phi) is 10.1. The Hall–Kier alpha value is -4.57. The zero-order valence-corrected chi connectivity index (χ0v) is 22.9. The number of aliphatic imine (C=N–C) groups is 1. The van der Waals surface area contributed by atoms with Crippen molar-refractivity contribution in [2.75, 3.05) is 11.3 Å². The number of benzene rings is 1. The summed E-state index contributed by atoms with van der Waals surface area (Å²) in [6.07, 6.45) is 3.43. The second kappa shape index (κ2) is 13.5. The molecule has 0 radical (unpaired) electrons. The topological polar surface area (TPSA) is 242 Å². The van der Waals surface area contributed by atoms with Crippen molar-refractivity contribution in [3.8, 4) is 0 Å². The maximum atomic E-state index is 12.9. The van der Waals surface area contributed by atoms with Gasteiger partial charge in [0.05, 0.1) is 11.8 Å². The Morgan fingerprint density at radius 3 is 2.50 bits per heavy atom. The van der Waals surface area contributed by atoms with Crippen molar-refractivity contribution in [3.05, 3.63) is 80.7 Å². The quantitative estimate of drug-likeness (QED) is 0.0640. The third kappa shape index (κ3) is 8.74. The van der Waals surface area contributed by atoms with E-state index in [-0.39, 0.29) is 35.5 Å². The molecule has 3 rings (SSSR count). The normalized spacial score (nSPS) is 11.8. The maximum absolute atomic E-state index is 12.9. The van der Waals surface area contributed by atoms with E-state index in [4.69, 9.17) is 22.6 Å². The molecule has 0 spiro atoms. The second-order valence-corrected chi connectivity index (χ2v) is 11.2. The van der Waals surface area contributed by atoms with Crippen molar-refractivity contribution in [2.24, 2.45) is 22.2 Å². The molecule has 0 aliphatic heterocycles. The van der Waals surface area contributed by atoms with Gasteiger partial charge in [0.2, 0.25) is 21.7 Å². The van der Waals surface area contributed by atoms with Crippen molar-refractivity contribution in [1.29, 1.82) is 5.41 Å². The van der Waals surface area contributed by atoms with Crippen LogP contribution in [0.25, 0.3) is 0 Å². The number of nitrogens with one attached hydrogen (secondary N) is 3. The summed E-state index contributed by atoms with van der Waals surface area (Å²) in [5, 5.41) is 11.9. The standard InChI is InChI=1S/C24H29N9O5S2/c25-21(26)16-7-5-15(6-8-16)14-40(37,38)32-18-4-2-11-33(23(18)36)13-19(34)31-17(3-1-9-30-24(27)28)20(35)22-29-10-12-39-22/h2,4-8,10-12,17,32H,1,3,9,13-14H2,(H3,25,26)(H,31,34)(H4,27,28,30). The van der Waals surface area contributed by atoms with Crippen LogP contribution in [0.4, 0.5) is 5.69 Å². The molecule has 0 saturated carbocycles. The number of carbonyl (C=O) groups is 2. The Labute approximate surface area is 233 Å². The molecule has 3 aromatic rings. The van der Waals surface area contributed by atoms with Crippen LogP contribution in [0.3, 0.4) is 0 Å². The Bertz CT molecular complexity index is 1550. The van der Waals surface area contributed by atoms with E-state index in [1.54, 1.807) is 5.38 Å². The van der Waals surface area contributed by atoms with E-state index in [1.807, 2.05) is 0 Å². The smallest absolute Gasteiger partial charge is 0.275 e. The number of carbonyl (C=O) groups excluding carboxylic acids is 2. The van der Waals surface area contributed by atoms with E-state index in [1.165, 1.54) is 48.8 Å². The SMILES string of the molecule is N=C(N)c1ccc(CS(=O)(=O)Nc2cccn(CC(=O)NC(CCCN=C(N)N)C(=O)c3nccs3)c2=O)cc1. The number of thiazole rings is 1. The molecular weight excluding hydrogens is 558 g/mol. The predicted octanol–water partition coefficient (Wildman–Crippen LogP) is -0.0479. The van der Waals surface area contributed by atoms with Crippen molar-refractivity contribution in [3.63, 3.8) is 0 Å². The summed E-state index contributed by atoms with van der Waals surface area (Å²) in [5.41, 5.74) is 15.9. The first kappa shape index (κ1) is 30.0. The van der Waals surface area contributed by atoms with Crippen molar-refractivity contribution in [2.45, 2.75) is 31.2 Å². The molecule has 212 valence electrons. The molecule has 0 aliphatic rings. The largest absolute Gasteiger partial charge is 0.384 e. The zero-order valence-electron chi connectivity index (χ0n) is 21.2. The fourth-order valence-corrected chi connectivity index (χ4v) is 5.43. The number of amides is 1. The highest BCUT2D eigenvalue weighted by Gasteiger charge is 2.24. The minimum Gasteiger partial charge on any atom is -0.384 e. The lowest BCUT2D eigenvalue weighted by atomic mass is 10.1. The molecule has 2 heterocycles. The molecule has 1 atom stereocenters. The summed E-state index contributed by atoms with van der Waals surface area (Å²) in [7, 11) is -3.99. The predicted molar refractivity (Wildman–Crippen MR) is 153 cm³/mol. The average molecular weight is 588 g/mol. The van der Waals surface area contributed by atoms with Crippen LogP contribution >= 0.6 is 11.3 Å². The second-order valence-electron chi connectivity index (χ2n) is 8.60. The van der Waals surface area contributed by atoms with E-state index in [0.717, 1.165) is 15.9 Å². The number of hydrogen-bond donors (Lipinski definition) is 6. The molecule has 2 aromatic heterocycles. The van der Waals surface area contributed by atoms with E-state index < -0.39 is 45.6 Å². The van der Waals surface area contributed by atoms with Crippen molar-refractivity contribution in [1.82, 2.24) is 14.9 Å². The minimum absolute atomic E-state index is 0.0902. The molecule has 0 aliphatic carbocycles. The van der Waals surface area contributed by atoms with Gasteiger partial charge in [-0.1, -0.05) is 24.3 Å². The molecule has 40 heavy (non-hydrogen) atoms. The van der Waals surface area contributed by atoms with Crippen LogP contribution in [0.1, 0.15) is 33.8 Å². The highest BCUT2D eigenvalue weighted by Crippen LogP contribution is 2.13. The number of nitrogens with two attached hydrogens (primary N) is 3. The lowest BCUT2D eigenvalue weighted by Gasteiger charge is -2.17. The van der Waals surface area contributed by atoms with Gasteiger partial charge in [0.1, 0.15) is 18.1 Å². The molecule has 0 bridgehead atoms. The fraction of sp³-hybridized carbons (Fsp3) is 0.250. The van der Waals surface area contributed by atoms with E-state index >= 15 is 0 Å². The van der Waals surface area contributed by atoms with Gasteiger partial charge >= 0.3 is 0 Å². The van der Waals surface area contributed by atoms with E-state index in [9.17, 15) is 22.8 Å². The summed E-state index contributed by atoms with van der Waals surface area (Å²) < 4.78 is 28.7. The molecule has 9 N–H and O–H groups in total. The summed E-state index contributed by atoms with van der Waals surface area (Å²) in [6, 6.07) is 7.85. The van der Waals surface area contributed by atoms with E-state index in [2.05, 4.69) is 20.0 Å². The molecule has 1 unspecified atom stereocenters. The molecule has 0 fully saturated rings. The van der Waals surface area contributed by atoms with Gasteiger partial charge in [-0.3, -0.25) is 29.5 Å². The molecule has 16 heteroatoms. The number of hydrogen-bond acceptors (Lipinski definition) is 9. The summed E-state index contributed by atoms with van der Waals surface area (Å²) in [5.74, 6) is -1.69. The number of pyridine rings is 1. The summed E-state index contributed by atoms with van der Waals surface area (Å²) >= 11 is 1.13. The van der Waals surface area contributed by atoms with E-state index in [0.29, 0.717) is 17.5 Å². The van der Waals surface area contributed by atoms with Gasteiger partial charge in [0.25, 0.3) is 5.56 Å². The van der Waals surface area contributed by atoms with Crippen molar-refractivity contribution < 1.29 is 18.0 Å². The molecule has 0 saturated heterocycles. The Balaban J connectivity index is 1.69. The fourth-order valence-electron chi connectivity index (χ4n) is 3.60. The summed E-state index contributed by atoms with van der Waals surface area (Å²) in [4.78, 5) is 46.5. The van der Waals surface area contributed by atoms with Gasteiger partial charge in [-0.15, -0.1) is 11.3 Å². The van der Waals surface area contributed by atoms with Gasteiger partial charge in [0.15, 0.2) is 11.0 Å². The van der Waals surface area contributed by atoms with Crippen LogP contribution in [-0.2, 0) is 27.1 Å². The number of sulfonamides is 1. The minimum atomic E-state index is -3.99. The number of guanidine groups is 1. The monoisotopic (exact) mass is 587 g/mol. The number of nitrogens with zero attached hydrogens (tertiary/aromatic N) is 3. The Morgan fingerprint density at radius 2 is 1.88 bits per heavy atom. The van der Waals surface area contributed by atoms with Crippen LogP contribution in [-0.4, -0.2) is 54.0 Å². The first-order valence-corrected chi connectivity index (χ1v) is 14.4. The summed E-state index contributed by atoms with van der Waals surface area (Å²) in [6.45, 7) is -0.209. The third-order valence-corrected chi connectivity index (χ3v) is 7.49. The molecular formula is C24H29N9O5S2. The Morgan fingerprint density at radius 1 is 1.15 bits per heavy atom. The first-order chi connectivity index (χ1) is 18.9. The van der Waals surface area contributed by atoms with Crippen LogP contribution in [0, 0.1) is 5.41 Å². The van der Waals surface area contributed by atoms with Crippen molar-refractivity contribution >= 4 is 50.5 Å². The molecule has 14 nitrogen and oxygen atoms in total. The lowest BCUT2D eigenvalue weighted by Crippen LogP contribution is -2.43. The van der Waals surface area contributed by atoms with Gasteiger partial charge < -0.3 is 27.1 Å². The first-order valence-electron chi connectivity index (χ1n) is 11.9. The molecule has 1 amide bonds. The van der Waals surface area contributed by atoms with Crippen LogP contribution < -0.4 is 32.8 Å². The third-order valence-electron chi connectivity index (χ3n) is 5.46. The number of nitrogen functional groups attached to an aromatic ring is 1. The van der Waals surface area contributed by atoms with Crippen LogP contribution in [0.5, 0.6) is 0 Å². The number of aromatic nitrogens is 2. The lowest BCUT2D eigenvalue weighted by molar-refractivity contribution is -0.122. The van der Waals surface area contributed by atoms with Gasteiger partial charge in [-0.2, -0.15) is 0 Å². The van der Waals surface area contributed by atoms with Gasteiger partial charge in [-0.05, 0) is 30.5 Å². The average Bonchev–Trinajstić information content (AvgIpc) is 3.43. The highest BCUT2D eigenvalue weighted by molar-refractivity contribution is 7.91. The molecule has 1 aromatic carbocycles. The van der Waals surface area contributed by atoms with Crippen LogP contribution in [0.2, 0.25) is 0 Å². The highest BCUT2D eigenvalue weighted by atomic mass is 32.2.